The van der Waals surface area contributed by atoms with Crippen molar-refractivity contribution >= 4 is 16.9 Å². The smallest absolute Gasteiger partial charge is 0.163 e. The first-order chi connectivity index (χ1) is 9.33. The SMILES string of the molecule is Cn1ncc2c(N3CCN(C4CC4)CC3)ncnc21. The normalized spacial score (nSPS) is 21.2. The molecule has 2 aliphatic rings. The average molecular weight is 258 g/mol. The van der Waals surface area contributed by atoms with Crippen LogP contribution >= 0.6 is 0 Å². The molecule has 1 aliphatic heterocycles. The van der Waals surface area contributed by atoms with Gasteiger partial charge >= 0.3 is 0 Å². The maximum absolute atomic E-state index is 4.47. The molecule has 2 aromatic heterocycles. The number of aryl methyl sites for hydroxylation is 1. The van der Waals surface area contributed by atoms with E-state index in [-0.39, 0.29) is 0 Å². The summed E-state index contributed by atoms with van der Waals surface area (Å²) in [6, 6.07) is 0.867. The highest BCUT2D eigenvalue weighted by molar-refractivity contribution is 5.86. The zero-order chi connectivity index (χ0) is 12.8. The molecule has 4 rings (SSSR count). The van der Waals surface area contributed by atoms with Crippen molar-refractivity contribution in [1.29, 1.82) is 0 Å². The lowest BCUT2D eigenvalue weighted by molar-refractivity contribution is 0.248. The Kier molecular flexibility index (Phi) is 2.44. The van der Waals surface area contributed by atoms with Gasteiger partial charge in [0.05, 0.1) is 11.6 Å². The molecule has 6 nitrogen and oxygen atoms in total. The van der Waals surface area contributed by atoms with Gasteiger partial charge in [0.25, 0.3) is 0 Å². The molecule has 0 N–H and O–H groups in total. The third-order valence-corrected chi connectivity index (χ3v) is 4.19. The fraction of sp³-hybridized carbons (Fsp3) is 0.615. The number of fused-ring (bicyclic) bond motifs is 1. The first-order valence-electron chi connectivity index (χ1n) is 6.94. The van der Waals surface area contributed by atoms with Gasteiger partial charge in [-0.15, -0.1) is 0 Å². The standard InChI is InChI=1S/C13H18N6/c1-17-12-11(8-16-17)13(15-9-14-12)19-6-4-18(5-7-19)10-2-3-10/h8-10H,2-7H2,1H3. The van der Waals surface area contributed by atoms with Crippen molar-refractivity contribution < 1.29 is 0 Å². The molecule has 0 aromatic carbocycles. The highest BCUT2D eigenvalue weighted by atomic mass is 15.3. The molecule has 19 heavy (non-hydrogen) atoms. The molecule has 3 heterocycles. The Morgan fingerprint density at radius 3 is 2.63 bits per heavy atom. The van der Waals surface area contributed by atoms with E-state index in [1.165, 1.54) is 12.8 Å². The largest absolute Gasteiger partial charge is 0.353 e. The summed E-state index contributed by atoms with van der Waals surface area (Å²) in [5, 5.41) is 5.34. The van der Waals surface area contributed by atoms with Crippen molar-refractivity contribution in [1.82, 2.24) is 24.6 Å². The Hall–Kier alpha value is -1.69. The summed E-state index contributed by atoms with van der Waals surface area (Å²) in [4.78, 5) is 13.7. The second kappa shape index (κ2) is 4.16. The van der Waals surface area contributed by atoms with Crippen LogP contribution in [-0.2, 0) is 7.05 Å². The Morgan fingerprint density at radius 1 is 1.11 bits per heavy atom. The molecule has 100 valence electrons. The zero-order valence-electron chi connectivity index (χ0n) is 11.2. The van der Waals surface area contributed by atoms with Gasteiger partial charge in [-0.05, 0) is 12.8 Å². The third kappa shape index (κ3) is 1.87. The molecule has 0 unspecified atom stereocenters. The van der Waals surface area contributed by atoms with Gasteiger partial charge in [-0.2, -0.15) is 5.10 Å². The second-order valence-corrected chi connectivity index (χ2v) is 5.46. The van der Waals surface area contributed by atoms with Crippen molar-refractivity contribution in [3.63, 3.8) is 0 Å². The molecule has 0 spiro atoms. The highest BCUT2D eigenvalue weighted by Crippen LogP contribution is 2.29. The van der Waals surface area contributed by atoms with Crippen molar-refractivity contribution in [2.75, 3.05) is 31.1 Å². The molecular formula is C13H18N6. The fourth-order valence-electron chi connectivity index (χ4n) is 2.94. The average Bonchev–Trinajstić information content (AvgIpc) is 3.24. The van der Waals surface area contributed by atoms with Gasteiger partial charge in [0.15, 0.2) is 5.65 Å². The van der Waals surface area contributed by atoms with E-state index in [9.17, 15) is 0 Å². The van der Waals surface area contributed by atoms with Crippen molar-refractivity contribution in [3.8, 4) is 0 Å². The Balaban J connectivity index is 1.60. The minimum atomic E-state index is 0.867. The van der Waals surface area contributed by atoms with E-state index in [4.69, 9.17) is 0 Å². The first-order valence-corrected chi connectivity index (χ1v) is 6.94. The van der Waals surface area contributed by atoms with Gasteiger partial charge in [0, 0.05) is 39.3 Å². The minimum Gasteiger partial charge on any atom is -0.353 e. The van der Waals surface area contributed by atoms with E-state index < -0.39 is 0 Å². The predicted molar refractivity (Wildman–Crippen MR) is 73.1 cm³/mol. The van der Waals surface area contributed by atoms with Crippen molar-refractivity contribution in [3.05, 3.63) is 12.5 Å². The number of nitrogens with zero attached hydrogens (tertiary/aromatic N) is 6. The van der Waals surface area contributed by atoms with Crippen LogP contribution < -0.4 is 4.90 Å². The number of aromatic nitrogens is 4. The van der Waals surface area contributed by atoms with Gasteiger partial charge < -0.3 is 4.90 Å². The van der Waals surface area contributed by atoms with Crippen LogP contribution in [0.25, 0.3) is 11.0 Å². The lowest BCUT2D eigenvalue weighted by atomic mass is 10.2. The molecule has 1 saturated heterocycles. The van der Waals surface area contributed by atoms with E-state index >= 15 is 0 Å². The maximum atomic E-state index is 4.47. The van der Waals surface area contributed by atoms with E-state index in [1.807, 2.05) is 13.2 Å². The molecule has 0 bridgehead atoms. The van der Waals surface area contributed by atoms with Gasteiger partial charge in [0.2, 0.25) is 0 Å². The highest BCUT2D eigenvalue weighted by Gasteiger charge is 2.31. The number of rotatable bonds is 2. The Labute approximate surface area is 112 Å². The summed E-state index contributed by atoms with van der Waals surface area (Å²) < 4.78 is 1.81. The summed E-state index contributed by atoms with van der Waals surface area (Å²) in [7, 11) is 1.92. The number of hydrogen-bond acceptors (Lipinski definition) is 5. The summed E-state index contributed by atoms with van der Waals surface area (Å²) >= 11 is 0. The second-order valence-electron chi connectivity index (χ2n) is 5.46. The van der Waals surface area contributed by atoms with Crippen LogP contribution in [0.2, 0.25) is 0 Å². The van der Waals surface area contributed by atoms with E-state index in [2.05, 4.69) is 24.9 Å². The van der Waals surface area contributed by atoms with Crippen LogP contribution in [0.1, 0.15) is 12.8 Å². The van der Waals surface area contributed by atoms with Crippen LogP contribution in [0.15, 0.2) is 12.5 Å². The number of hydrogen-bond donors (Lipinski definition) is 0. The molecule has 2 aromatic rings. The molecule has 0 radical (unpaired) electrons. The van der Waals surface area contributed by atoms with Crippen molar-refractivity contribution in [2.45, 2.75) is 18.9 Å². The van der Waals surface area contributed by atoms with Crippen LogP contribution in [-0.4, -0.2) is 56.9 Å². The molecule has 0 amide bonds. The van der Waals surface area contributed by atoms with Gasteiger partial charge in [-0.3, -0.25) is 9.58 Å². The summed E-state index contributed by atoms with van der Waals surface area (Å²) in [6.07, 6.45) is 6.30. The number of piperazine rings is 1. The quantitative estimate of drug-likeness (QED) is 0.791. The lowest BCUT2D eigenvalue weighted by Gasteiger charge is -2.35. The maximum Gasteiger partial charge on any atom is 0.163 e. The predicted octanol–water partition coefficient (Wildman–Crippen LogP) is 0.648. The summed E-state index contributed by atoms with van der Waals surface area (Å²) in [6.45, 7) is 4.40. The van der Waals surface area contributed by atoms with Crippen molar-refractivity contribution in [2.24, 2.45) is 7.05 Å². The van der Waals surface area contributed by atoms with E-state index in [0.717, 1.165) is 49.1 Å². The monoisotopic (exact) mass is 258 g/mol. The van der Waals surface area contributed by atoms with Gasteiger partial charge in [-0.25, -0.2) is 9.97 Å². The third-order valence-electron chi connectivity index (χ3n) is 4.19. The van der Waals surface area contributed by atoms with Crippen LogP contribution in [0, 0.1) is 0 Å². The van der Waals surface area contributed by atoms with Crippen LogP contribution in [0.5, 0.6) is 0 Å². The van der Waals surface area contributed by atoms with Gasteiger partial charge in [-0.1, -0.05) is 0 Å². The molecule has 6 heteroatoms. The molecule has 1 aliphatic carbocycles. The summed E-state index contributed by atoms with van der Waals surface area (Å²) in [5.41, 5.74) is 0.912. The topological polar surface area (TPSA) is 50.1 Å². The van der Waals surface area contributed by atoms with Gasteiger partial charge in [0.1, 0.15) is 12.1 Å². The molecular weight excluding hydrogens is 240 g/mol. The number of anilines is 1. The lowest BCUT2D eigenvalue weighted by Crippen LogP contribution is -2.47. The zero-order valence-corrected chi connectivity index (χ0v) is 11.2. The Morgan fingerprint density at radius 2 is 1.89 bits per heavy atom. The van der Waals surface area contributed by atoms with E-state index in [1.54, 1.807) is 11.0 Å². The molecule has 0 atom stereocenters. The Bertz CT molecular complexity index is 594. The minimum absolute atomic E-state index is 0.867. The first kappa shape index (κ1) is 11.2. The van der Waals surface area contributed by atoms with Crippen LogP contribution in [0.4, 0.5) is 5.82 Å². The molecule has 2 fully saturated rings. The summed E-state index contributed by atoms with van der Waals surface area (Å²) in [5.74, 6) is 1.04. The van der Waals surface area contributed by atoms with E-state index in [0.29, 0.717) is 0 Å². The molecule has 1 saturated carbocycles. The fourth-order valence-corrected chi connectivity index (χ4v) is 2.94. The van der Waals surface area contributed by atoms with Crippen LogP contribution in [0.3, 0.4) is 0 Å².